The number of halogens is 8. The highest BCUT2D eigenvalue weighted by molar-refractivity contribution is 6.55. The van der Waals surface area contributed by atoms with Gasteiger partial charge < -0.3 is 14.2 Å². The molecular weight excluding hydrogens is 496 g/mol. The molecule has 0 N–H and O–H groups in total. The van der Waals surface area contributed by atoms with E-state index in [1.165, 1.54) is 18.2 Å². The molecule has 0 unspecified atom stereocenters. The molecule has 4 nitrogen and oxygen atoms in total. The fourth-order valence-electron chi connectivity index (χ4n) is 2.05. The number of hydrogen-bond donors (Lipinski definition) is 0. The summed E-state index contributed by atoms with van der Waals surface area (Å²) in [4.78, 5) is 3.34. The Morgan fingerprint density at radius 1 is 1.00 bits per heavy atom. The first kappa shape index (κ1) is 24.7. The average Bonchev–Trinajstić information content (AvgIpc) is 2.63. The number of nitrogens with zero attached hydrogens (tertiary/aromatic N) is 1. The Morgan fingerprint density at radius 3 is 2.20 bits per heavy atom. The lowest BCUT2D eigenvalue weighted by molar-refractivity contribution is -0.138. The summed E-state index contributed by atoms with van der Waals surface area (Å²) in [5, 5.41) is 0.379. The number of alkyl halides is 3. The Morgan fingerprint density at radius 2 is 1.63 bits per heavy atom. The normalized spacial score (nSPS) is 11.2. The third-order valence-corrected chi connectivity index (χ3v) is 4.24. The molecular formula is C18H13Cl4F4NO3. The molecule has 0 atom stereocenters. The maximum atomic E-state index is 13.6. The van der Waals surface area contributed by atoms with E-state index in [4.69, 9.17) is 60.6 Å². The minimum Gasteiger partial charge on any atom is -0.490 e. The predicted octanol–water partition coefficient (Wildman–Crippen LogP) is 7.09. The highest BCUT2D eigenvalue weighted by atomic mass is 35.5. The van der Waals surface area contributed by atoms with Crippen molar-refractivity contribution in [2.24, 2.45) is 0 Å². The lowest BCUT2D eigenvalue weighted by Crippen LogP contribution is -2.10. The van der Waals surface area contributed by atoms with Crippen molar-refractivity contribution < 1.29 is 31.8 Å². The molecule has 0 saturated carbocycles. The van der Waals surface area contributed by atoms with Gasteiger partial charge in [-0.3, -0.25) is 0 Å². The Bertz CT molecular complexity index is 882. The zero-order valence-electron chi connectivity index (χ0n) is 14.9. The Balaban J connectivity index is 1.84. The number of aromatic nitrogens is 1. The predicted molar refractivity (Wildman–Crippen MR) is 107 cm³/mol. The fourth-order valence-corrected chi connectivity index (χ4v) is 2.75. The van der Waals surface area contributed by atoms with Crippen molar-refractivity contribution in [1.82, 2.24) is 4.98 Å². The maximum absolute atomic E-state index is 13.6. The molecule has 0 aliphatic heterocycles. The van der Waals surface area contributed by atoms with Crippen LogP contribution in [-0.4, -0.2) is 24.8 Å². The monoisotopic (exact) mass is 507 g/mol. The Labute approximate surface area is 189 Å². The number of hydrogen-bond acceptors (Lipinski definition) is 4. The molecule has 0 spiro atoms. The van der Waals surface area contributed by atoms with Crippen molar-refractivity contribution in [3.05, 3.63) is 56.4 Å². The van der Waals surface area contributed by atoms with E-state index in [1.54, 1.807) is 0 Å². The second-order valence-corrected chi connectivity index (χ2v) is 7.40. The van der Waals surface area contributed by atoms with Gasteiger partial charge in [-0.1, -0.05) is 46.4 Å². The van der Waals surface area contributed by atoms with Gasteiger partial charge in [-0.15, -0.1) is 0 Å². The van der Waals surface area contributed by atoms with Crippen molar-refractivity contribution in [2.75, 3.05) is 19.8 Å². The van der Waals surface area contributed by atoms with Crippen LogP contribution in [0.5, 0.6) is 17.4 Å². The largest absolute Gasteiger partial charge is 0.490 e. The summed E-state index contributed by atoms with van der Waals surface area (Å²) in [7, 11) is 0. The van der Waals surface area contributed by atoms with E-state index in [1.807, 2.05) is 0 Å². The minimum absolute atomic E-state index is 0.0562. The third kappa shape index (κ3) is 7.58. The quantitative estimate of drug-likeness (QED) is 0.268. The summed E-state index contributed by atoms with van der Waals surface area (Å²) >= 11 is 23.2. The summed E-state index contributed by atoms with van der Waals surface area (Å²) in [6.07, 6.45) is -2.50. The van der Waals surface area contributed by atoms with E-state index in [0.717, 1.165) is 0 Å². The first-order valence-electron chi connectivity index (χ1n) is 8.19. The van der Waals surface area contributed by atoms with Gasteiger partial charge in [-0.25, -0.2) is 9.37 Å². The standard InChI is InChI=1S/C18H13Cl4F4NO3/c19-12-7-11(28-5-2-15(21)22)8-13(20)16(12)29-3-1-4-30-17-14(23)6-10(9-27-17)18(24,25)26/h2,6-9H,1,3-5H2. The van der Waals surface area contributed by atoms with Gasteiger partial charge in [-0.05, 0) is 12.1 Å². The van der Waals surface area contributed by atoms with Crippen LogP contribution in [0.2, 0.25) is 10.0 Å². The van der Waals surface area contributed by atoms with Gasteiger partial charge >= 0.3 is 6.18 Å². The summed E-state index contributed by atoms with van der Waals surface area (Å²) in [6, 6.07) is 3.28. The fraction of sp³-hybridized carbons (Fsp3) is 0.278. The molecule has 30 heavy (non-hydrogen) atoms. The molecule has 0 bridgehead atoms. The van der Waals surface area contributed by atoms with E-state index < -0.39 is 23.4 Å². The van der Waals surface area contributed by atoms with Crippen molar-refractivity contribution in [3.8, 4) is 17.4 Å². The van der Waals surface area contributed by atoms with Gasteiger partial charge in [0.05, 0.1) is 28.8 Å². The van der Waals surface area contributed by atoms with Gasteiger partial charge in [-0.2, -0.15) is 13.2 Å². The van der Waals surface area contributed by atoms with Crippen LogP contribution in [0.4, 0.5) is 17.6 Å². The SMILES string of the molecule is Fc1cc(C(F)(F)F)cnc1OCCCOc1c(Cl)cc(OCC=C(Cl)Cl)cc1Cl. The van der Waals surface area contributed by atoms with Gasteiger partial charge in [0.2, 0.25) is 5.88 Å². The zero-order valence-corrected chi connectivity index (χ0v) is 17.9. The van der Waals surface area contributed by atoms with Crippen LogP contribution in [-0.2, 0) is 6.18 Å². The number of pyridine rings is 1. The van der Waals surface area contributed by atoms with Gasteiger partial charge in [0.15, 0.2) is 11.6 Å². The van der Waals surface area contributed by atoms with Crippen molar-refractivity contribution in [1.29, 1.82) is 0 Å². The van der Waals surface area contributed by atoms with Crippen LogP contribution in [0.3, 0.4) is 0 Å². The van der Waals surface area contributed by atoms with E-state index in [-0.39, 0.29) is 46.5 Å². The van der Waals surface area contributed by atoms with Crippen LogP contribution >= 0.6 is 46.4 Å². The first-order chi connectivity index (χ1) is 14.1. The third-order valence-electron chi connectivity index (χ3n) is 3.37. The highest BCUT2D eigenvalue weighted by Crippen LogP contribution is 2.37. The van der Waals surface area contributed by atoms with E-state index >= 15 is 0 Å². The van der Waals surface area contributed by atoms with Crippen molar-refractivity contribution >= 4 is 46.4 Å². The highest BCUT2D eigenvalue weighted by Gasteiger charge is 2.32. The molecule has 1 aromatic carbocycles. The molecule has 1 aromatic heterocycles. The molecule has 164 valence electrons. The Hall–Kier alpha value is -1.61. The topological polar surface area (TPSA) is 40.6 Å². The van der Waals surface area contributed by atoms with Crippen LogP contribution in [0.15, 0.2) is 35.0 Å². The van der Waals surface area contributed by atoms with Crippen LogP contribution in [0.25, 0.3) is 0 Å². The van der Waals surface area contributed by atoms with Crippen LogP contribution in [0.1, 0.15) is 12.0 Å². The second kappa shape index (κ2) is 11.1. The lowest BCUT2D eigenvalue weighted by atomic mass is 10.3. The number of benzene rings is 1. The smallest absolute Gasteiger partial charge is 0.417 e. The van der Waals surface area contributed by atoms with Crippen LogP contribution in [0, 0.1) is 5.82 Å². The molecule has 1 heterocycles. The molecule has 0 amide bonds. The molecule has 2 aromatic rings. The lowest BCUT2D eigenvalue weighted by Gasteiger charge is -2.13. The molecule has 0 saturated heterocycles. The van der Waals surface area contributed by atoms with E-state index in [9.17, 15) is 17.6 Å². The maximum Gasteiger partial charge on any atom is 0.417 e. The van der Waals surface area contributed by atoms with Crippen molar-refractivity contribution in [2.45, 2.75) is 12.6 Å². The molecule has 0 aliphatic carbocycles. The van der Waals surface area contributed by atoms with Gasteiger partial charge in [0, 0.05) is 24.8 Å². The summed E-state index contributed by atoms with van der Waals surface area (Å²) in [5.41, 5.74) is -1.20. The number of rotatable bonds is 9. The molecule has 0 fully saturated rings. The number of ether oxygens (including phenoxy) is 3. The Kier molecular flexibility index (Phi) is 9.15. The molecule has 0 radical (unpaired) electrons. The van der Waals surface area contributed by atoms with E-state index in [2.05, 4.69) is 4.98 Å². The van der Waals surface area contributed by atoms with Gasteiger partial charge in [0.25, 0.3) is 0 Å². The molecule has 12 heteroatoms. The molecule has 0 aliphatic rings. The van der Waals surface area contributed by atoms with E-state index in [0.29, 0.717) is 18.0 Å². The summed E-state index contributed by atoms with van der Waals surface area (Å²) in [5.74, 6) is -1.17. The van der Waals surface area contributed by atoms with Crippen molar-refractivity contribution in [3.63, 3.8) is 0 Å². The van der Waals surface area contributed by atoms with Crippen LogP contribution < -0.4 is 14.2 Å². The second-order valence-electron chi connectivity index (χ2n) is 5.58. The summed E-state index contributed by atoms with van der Waals surface area (Å²) in [6.45, 7) is 0.144. The first-order valence-corrected chi connectivity index (χ1v) is 9.70. The van der Waals surface area contributed by atoms with Gasteiger partial charge in [0.1, 0.15) is 16.8 Å². The average molecular weight is 509 g/mol. The summed E-state index contributed by atoms with van der Waals surface area (Å²) < 4.78 is 67.1. The molecule has 2 rings (SSSR count). The minimum atomic E-state index is -4.69. The zero-order chi connectivity index (χ0) is 22.3.